The van der Waals surface area contributed by atoms with E-state index in [0.29, 0.717) is 17.1 Å². The summed E-state index contributed by atoms with van der Waals surface area (Å²) in [6.45, 7) is 0.132. The van der Waals surface area contributed by atoms with Crippen LogP contribution in [0.2, 0.25) is 0 Å². The molecule has 3 aromatic rings. The van der Waals surface area contributed by atoms with Crippen LogP contribution in [0.25, 0.3) is 0 Å². The predicted octanol–water partition coefficient (Wildman–Crippen LogP) is 6.54. The minimum absolute atomic E-state index is 0.168. The van der Waals surface area contributed by atoms with Crippen LogP contribution in [-0.4, -0.2) is 17.5 Å². The van der Waals surface area contributed by atoms with Gasteiger partial charge in [0.2, 0.25) is 11.9 Å². The Bertz CT molecular complexity index is 1260. The van der Waals surface area contributed by atoms with Crippen LogP contribution in [0.4, 0.5) is 14.5 Å². The topological polar surface area (TPSA) is 112 Å². The van der Waals surface area contributed by atoms with Crippen LogP contribution in [0.5, 0.6) is 17.2 Å². The first-order valence-electron chi connectivity index (χ1n) is 10.9. The van der Waals surface area contributed by atoms with E-state index >= 15 is 0 Å². The maximum atomic E-state index is 13.1. The van der Waals surface area contributed by atoms with E-state index in [1.54, 1.807) is 50.2 Å². The fourth-order valence-corrected chi connectivity index (χ4v) is 3.58. The van der Waals surface area contributed by atoms with Crippen LogP contribution < -0.4 is 9.47 Å². The first kappa shape index (κ1) is 26.1. The Morgan fingerprint density at radius 2 is 1.67 bits per heavy atom. The van der Waals surface area contributed by atoms with E-state index < -0.39 is 46.9 Å². The van der Waals surface area contributed by atoms with Crippen molar-refractivity contribution < 1.29 is 32.7 Å². The summed E-state index contributed by atoms with van der Waals surface area (Å²) < 4.78 is 40.7. The average molecular weight is 496 g/mol. The molecular weight excluding hydrogens is 474 g/mol. The van der Waals surface area contributed by atoms with Gasteiger partial charge in [0.1, 0.15) is 17.6 Å². The van der Waals surface area contributed by atoms with Gasteiger partial charge < -0.3 is 14.2 Å². The van der Waals surface area contributed by atoms with Crippen LogP contribution in [0.15, 0.2) is 72.8 Å². The van der Waals surface area contributed by atoms with Gasteiger partial charge in [-0.15, -0.1) is 0 Å². The lowest BCUT2D eigenvalue weighted by Crippen LogP contribution is -2.23. The fraction of sp³-hybridized carbons (Fsp3) is 0.231. The molecule has 0 aliphatic heterocycles. The lowest BCUT2D eigenvalue weighted by Gasteiger charge is -2.22. The van der Waals surface area contributed by atoms with Gasteiger partial charge in [-0.25, -0.2) is 0 Å². The third kappa shape index (κ3) is 6.54. The molecule has 0 heterocycles. The van der Waals surface area contributed by atoms with Gasteiger partial charge in [-0.1, -0.05) is 50.2 Å². The van der Waals surface area contributed by atoms with Crippen LogP contribution in [0.1, 0.15) is 37.0 Å². The summed E-state index contributed by atoms with van der Waals surface area (Å²) in [4.78, 5) is 23.6. The summed E-state index contributed by atoms with van der Waals surface area (Å²) in [6.07, 6.45) is -1.28. The fourth-order valence-electron chi connectivity index (χ4n) is 3.58. The van der Waals surface area contributed by atoms with E-state index in [9.17, 15) is 29.0 Å². The summed E-state index contributed by atoms with van der Waals surface area (Å²) >= 11 is 0. The van der Waals surface area contributed by atoms with Gasteiger partial charge in [0.05, 0.1) is 10.8 Å². The number of hydrogen-bond donors (Lipinski definition) is 0. The Morgan fingerprint density at radius 3 is 2.28 bits per heavy atom. The molecule has 0 N–H and O–H groups in total. The van der Waals surface area contributed by atoms with Gasteiger partial charge in [-0.2, -0.15) is 14.0 Å². The standard InChI is InChI=1S/C26H22F2N2O6/c1-16(2)24(18-11-12-22(36-26(27)28)21(14-18)30(32)33)25(31)35-23(15-29)17-7-6-10-20(13-17)34-19-8-4-3-5-9-19/h3-14,16,23-24,26H,1-2H3. The molecule has 0 bridgehead atoms. The Balaban J connectivity index is 1.85. The third-order valence-corrected chi connectivity index (χ3v) is 5.17. The van der Waals surface area contributed by atoms with Crippen molar-refractivity contribution in [2.45, 2.75) is 32.5 Å². The van der Waals surface area contributed by atoms with Gasteiger partial charge in [0, 0.05) is 11.6 Å². The Labute approximate surface area is 205 Å². The lowest BCUT2D eigenvalue weighted by molar-refractivity contribution is -0.386. The molecule has 2 unspecified atom stereocenters. The Hall–Kier alpha value is -4.52. The van der Waals surface area contributed by atoms with E-state index in [-0.39, 0.29) is 5.56 Å². The molecule has 0 radical (unpaired) electrons. The van der Waals surface area contributed by atoms with Crippen molar-refractivity contribution in [3.8, 4) is 23.3 Å². The maximum Gasteiger partial charge on any atom is 0.387 e. The number of nitriles is 1. The first-order valence-corrected chi connectivity index (χ1v) is 10.9. The Morgan fingerprint density at radius 1 is 0.972 bits per heavy atom. The minimum atomic E-state index is -3.25. The van der Waals surface area contributed by atoms with Crippen LogP contribution in [0, 0.1) is 27.4 Å². The largest absolute Gasteiger partial charge is 0.457 e. The molecule has 0 fully saturated rings. The quantitative estimate of drug-likeness (QED) is 0.178. The van der Waals surface area contributed by atoms with Crippen molar-refractivity contribution >= 4 is 11.7 Å². The number of benzene rings is 3. The molecule has 8 nitrogen and oxygen atoms in total. The number of halogens is 2. The molecule has 36 heavy (non-hydrogen) atoms. The zero-order valence-corrected chi connectivity index (χ0v) is 19.3. The monoisotopic (exact) mass is 496 g/mol. The number of rotatable bonds is 10. The molecule has 3 rings (SSSR count). The highest BCUT2D eigenvalue weighted by Crippen LogP contribution is 2.36. The minimum Gasteiger partial charge on any atom is -0.457 e. The van der Waals surface area contributed by atoms with Gasteiger partial charge >= 0.3 is 18.3 Å². The predicted molar refractivity (Wildman–Crippen MR) is 125 cm³/mol. The number of esters is 1. The van der Waals surface area contributed by atoms with E-state index in [0.717, 1.165) is 12.1 Å². The van der Waals surface area contributed by atoms with Gasteiger partial charge in [0.25, 0.3) is 0 Å². The molecule has 3 aromatic carbocycles. The number of carbonyl (C=O) groups excluding carboxylic acids is 1. The van der Waals surface area contributed by atoms with E-state index in [4.69, 9.17) is 9.47 Å². The SMILES string of the molecule is CC(C)C(C(=O)OC(C#N)c1cccc(Oc2ccccc2)c1)c1ccc(OC(F)F)c([N+](=O)[O-])c1. The number of nitrogens with zero attached hydrogens (tertiary/aromatic N) is 2. The molecule has 0 aromatic heterocycles. The molecule has 0 aliphatic rings. The van der Waals surface area contributed by atoms with Crippen molar-refractivity contribution in [2.24, 2.45) is 5.92 Å². The number of hydrogen-bond acceptors (Lipinski definition) is 7. The summed E-state index contributed by atoms with van der Waals surface area (Å²) in [5, 5.41) is 21.1. The van der Waals surface area contributed by atoms with Crippen molar-refractivity contribution in [1.82, 2.24) is 0 Å². The highest BCUT2D eigenvalue weighted by Gasteiger charge is 2.31. The molecule has 2 atom stereocenters. The zero-order valence-electron chi connectivity index (χ0n) is 19.3. The first-order chi connectivity index (χ1) is 17.2. The molecular formula is C26H22F2N2O6. The molecule has 0 spiro atoms. The highest BCUT2D eigenvalue weighted by atomic mass is 19.3. The lowest BCUT2D eigenvalue weighted by atomic mass is 9.88. The second kappa shape index (κ2) is 11.8. The number of carbonyl (C=O) groups is 1. The number of ether oxygens (including phenoxy) is 3. The van der Waals surface area contributed by atoms with Crippen molar-refractivity contribution in [2.75, 3.05) is 0 Å². The van der Waals surface area contributed by atoms with E-state index in [1.165, 1.54) is 6.07 Å². The van der Waals surface area contributed by atoms with Crippen LogP contribution in [-0.2, 0) is 9.53 Å². The van der Waals surface area contributed by atoms with Gasteiger partial charge in [0.15, 0.2) is 0 Å². The second-order valence-electron chi connectivity index (χ2n) is 8.02. The normalized spacial score (nSPS) is 12.5. The summed E-state index contributed by atoms with van der Waals surface area (Å²) in [5.41, 5.74) is -0.177. The molecule has 10 heteroatoms. The Kier molecular flexibility index (Phi) is 8.52. The molecule has 0 saturated heterocycles. The molecule has 0 saturated carbocycles. The highest BCUT2D eigenvalue weighted by molar-refractivity contribution is 5.79. The van der Waals surface area contributed by atoms with Crippen molar-refractivity contribution in [3.05, 3.63) is 94.0 Å². The number of nitro groups is 1. The zero-order chi connectivity index (χ0) is 26.2. The molecule has 186 valence electrons. The number of alkyl halides is 2. The summed E-state index contributed by atoms with van der Waals surface area (Å²) in [7, 11) is 0. The molecule has 0 amide bonds. The van der Waals surface area contributed by atoms with Crippen molar-refractivity contribution in [3.63, 3.8) is 0 Å². The van der Waals surface area contributed by atoms with Gasteiger partial charge in [-0.3, -0.25) is 14.9 Å². The third-order valence-electron chi connectivity index (χ3n) is 5.17. The smallest absolute Gasteiger partial charge is 0.387 e. The number of para-hydroxylation sites is 1. The summed E-state index contributed by atoms with van der Waals surface area (Å²) in [5.74, 6) is -1.82. The number of nitro benzene ring substituents is 1. The second-order valence-corrected chi connectivity index (χ2v) is 8.02. The van der Waals surface area contributed by atoms with Crippen LogP contribution >= 0.6 is 0 Å². The van der Waals surface area contributed by atoms with Crippen LogP contribution in [0.3, 0.4) is 0 Å². The van der Waals surface area contributed by atoms with Gasteiger partial charge in [-0.05, 0) is 41.8 Å². The van der Waals surface area contributed by atoms with E-state index in [2.05, 4.69) is 4.74 Å². The maximum absolute atomic E-state index is 13.1. The van der Waals surface area contributed by atoms with Crippen molar-refractivity contribution in [1.29, 1.82) is 5.26 Å². The molecule has 0 aliphatic carbocycles. The van der Waals surface area contributed by atoms with E-state index in [1.807, 2.05) is 24.3 Å². The summed E-state index contributed by atoms with van der Waals surface area (Å²) in [6, 6.07) is 20.7. The average Bonchev–Trinajstić information content (AvgIpc) is 2.83.